The quantitative estimate of drug-likeness (QED) is 0.752. The number of carbonyl (C=O) groups is 2. The first-order valence-corrected chi connectivity index (χ1v) is 8.68. The van der Waals surface area contributed by atoms with Crippen LogP contribution in [0.3, 0.4) is 0 Å². The molecule has 0 spiro atoms. The van der Waals surface area contributed by atoms with Crippen LogP contribution in [0.2, 0.25) is 5.02 Å². The summed E-state index contributed by atoms with van der Waals surface area (Å²) in [5, 5.41) is 20.9. The van der Waals surface area contributed by atoms with Crippen molar-refractivity contribution in [1.29, 1.82) is 0 Å². The van der Waals surface area contributed by atoms with Gasteiger partial charge in [0.1, 0.15) is 16.5 Å². The molecule has 4 rings (SSSR count). The molecular weight excluding hydrogens is 372 g/mol. The lowest BCUT2D eigenvalue weighted by molar-refractivity contribution is 0.0989. The van der Waals surface area contributed by atoms with Crippen LogP contribution in [0.5, 0.6) is 11.5 Å². The summed E-state index contributed by atoms with van der Waals surface area (Å²) in [5.41, 5.74) is -0.323. The molecular formula is C18H15ClN4O4. The Hall–Kier alpha value is -3.13. The highest BCUT2D eigenvalue weighted by atomic mass is 35.5. The molecule has 2 aliphatic rings. The van der Waals surface area contributed by atoms with E-state index in [2.05, 4.69) is 9.97 Å². The van der Waals surface area contributed by atoms with E-state index in [1.165, 1.54) is 0 Å². The number of rotatable bonds is 2. The number of benzene rings is 1. The number of carbonyl (C=O) groups excluding carboxylic acids is 2. The van der Waals surface area contributed by atoms with Crippen LogP contribution in [0.25, 0.3) is 0 Å². The Kier molecular flexibility index (Phi) is 4.19. The fraction of sp³-hybridized carbons (Fsp3) is 0.222. The van der Waals surface area contributed by atoms with E-state index in [9.17, 15) is 19.8 Å². The van der Waals surface area contributed by atoms with Crippen LogP contribution in [-0.4, -0.2) is 57.9 Å². The summed E-state index contributed by atoms with van der Waals surface area (Å²) >= 11 is 6.26. The number of ketones is 2. The molecule has 2 aromatic rings. The van der Waals surface area contributed by atoms with Gasteiger partial charge in [0.05, 0.1) is 11.1 Å². The maximum atomic E-state index is 12.2. The second-order valence-corrected chi connectivity index (χ2v) is 6.57. The van der Waals surface area contributed by atoms with Crippen LogP contribution in [-0.2, 0) is 0 Å². The van der Waals surface area contributed by atoms with Gasteiger partial charge in [0, 0.05) is 38.6 Å². The van der Waals surface area contributed by atoms with Gasteiger partial charge in [-0.15, -0.1) is 0 Å². The van der Waals surface area contributed by atoms with Gasteiger partial charge in [-0.1, -0.05) is 11.6 Å². The predicted molar refractivity (Wildman–Crippen MR) is 99.0 cm³/mol. The number of piperazine rings is 1. The normalized spacial score (nSPS) is 16.6. The number of aromatic hydroxyl groups is 2. The lowest BCUT2D eigenvalue weighted by Crippen LogP contribution is -2.47. The fourth-order valence-corrected chi connectivity index (χ4v) is 3.66. The summed E-state index contributed by atoms with van der Waals surface area (Å²) < 4.78 is 0. The van der Waals surface area contributed by atoms with Crippen LogP contribution in [0, 0.1) is 0 Å². The van der Waals surface area contributed by atoms with Gasteiger partial charge in [-0.05, 0) is 18.2 Å². The zero-order valence-electron chi connectivity index (χ0n) is 14.1. The average Bonchev–Trinajstić information content (AvgIpc) is 2.69. The van der Waals surface area contributed by atoms with Crippen molar-refractivity contribution >= 4 is 34.8 Å². The third-order valence-corrected chi connectivity index (χ3v) is 5.03. The Labute approximate surface area is 159 Å². The Morgan fingerprint density at radius 2 is 1.37 bits per heavy atom. The maximum absolute atomic E-state index is 12.2. The summed E-state index contributed by atoms with van der Waals surface area (Å²) in [4.78, 5) is 36.4. The summed E-state index contributed by atoms with van der Waals surface area (Å²) in [6.07, 6.45) is 5.45. The molecule has 0 bridgehead atoms. The van der Waals surface area contributed by atoms with E-state index < -0.39 is 17.3 Å². The van der Waals surface area contributed by atoms with Gasteiger partial charge >= 0.3 is 0 Å². The molecule has 0 unspecified atom stereocenters. The molecule has 2 heterocycles. The van der Waals surface area contributed by atoms with Gasteiger partial charge in [0.15, 0.2) is 17.3 Å². The smallest absolute Gasteiger partial charge is 0.225 e. The van der Waals surface area contributed by atoms with Crippen molar-refractivity contribution in [3.05, 3.63) is 46.8 Å². The first-order valence-electron chi connectivity index (χ1n) is 8.30. The second kappa shape index (κ2) is 6.55. The van der Waals surface area contributed by atoms with Gasteiger partial charge in [-0.3, -0.25) is 9.59 Å². The largest absolute Gasteiger partial charge is 0.505 e. The third-order valence-electron chi connectivity index (χ3n) is 4.67. The zero-order valence-corrected chi connectivity index (χ0v) is 14.8. The van der Waals surface area contributed by atoms with Gasteiger partial charge in [0.25, 0.3) is 0 Å². The molecule has 1 aliphatic carbocycles. The Balaban J connectivity index is 1.68. The molecule has 8 nitrogen and oxygen atoms in total. The van der Waals surface area contributed by atoms with E-state index in [0.29, 0.717) is 32.1 Å². The second-order valence-electron chi connectivity index (χ2n) is 6.19. The van der Waals surface area contributed by atoms with Crippen molar-refractivity contribution in [2.24, 2.45) is 0 Å². The number of anilines is 2. The SMILES string of the molecule is O=C1C=CC(=O)c2c(O)c(N3CCN(c4ncccn4)CC3)c(Cl)c(O)c21. The van der Waals surface area contributed by atoms with Crippen molar-refractivity contribution < 1.29 is 19.8 Å². The van der Waals surface area contributed by atoms with Gasteiger partial charge in [-0.25, -0.2) is 9.97 Å². The molecule has 9 heteroatoms. The topological polar surface area (TPSA) is 107 Å². The van der Waals surface area contributed by atoms with Crippen LogP contribution in [0.4, 0.5) is 11.6 Å². The number of nitrogens with zero attached hydrogens (tertiary/aromatic N) is 4. The van der Waals surface area contributed by atoms with Crippen LogP contribution in [0.15, 0.2) is 30.6 Å². The summed E-state index contributed by atoms with van der Waals surface area (Å²) in [6, 6.07) is 1.74. The average molecular weight is 387 g/mol. The number of halogens is 1. The number of allylic oxidation sites excluding steroid dienone is 2. The van der Waals surface area contributed by atoms with E-state index in [1.807, 2.05) is 4.90 Å². The van der Waals surface area contributed by atoms with E-state index in [1.54, 1.807) is 23.4 Å². The molecule has 138 valence electrons. The van der Waals surface area contributed by atoms with Gasteiger partial charge < -0.3 is 20.0 Å². The van der Waals surface area contributed by atoms with E-state index >= 15 is 0 Å². The standard InChI is InChI=1S/C18H15ClN4O4/c19-14-15(17(27)13-11(25)3-2-10(24)12(13)16(14)26)22-6-8-23(9-7-22)18-20-4-1-5-21-18/h1-5,26-27H,6-9H2. The van der Waals surface area contributed by atoms with Crippen molar-refractivity contribution in [3.63, 3.8) is 0 Å². The molecule has 27 heavy (non-hydrogen) atoms. The van der Waals surface area contributed by atoms with Crippen molar-refractivity contribution in [2.75, 3.05) is 36.0 Å². The van der Waals surface area contributed by atoms with E-state index in [4.69, 9.17) is 11.6 Å². The molecule has 0 atom stereocenters. The molecule has 1 saturated heterocycles. The highest BCUT2D eigenvalue weighted by Gasteiger charge is 2.34. The van der Waals surface area contributed by atoms with Gasteiger partial charge in [0.2, 0.25) is 5.95 Å². The van der Waals surface area contributed by atoms with Crippen LogP contribution in [0.1, 0.15) is 20.7 Å². The summed E-state index contributed by atoms with van der Waals surface area (Å²) in [6.45, 7) is 2.04. The number of phenolic OH excluding ortho intramolecular Hbond substituents is 2. The van der Waals surface area contributed by atoms with Crippen LogP contribution >= 0.6 is 11.6 Å². The summed E-state index contributed by atoms with van der Waals surface area (Å²) in [5.74, 6) is -1.40. The Morgan fingerprint density at radius 3 is 1.96 bits per heavy atom. The number of phenols is 2. The molecule has 1 aromatic carbocycles. The highest BCUT2D eigenvalue weighted by Crippen LogP contribution is 2.48. The third kappa shape index (κ3) is 2.78. The highest BCUT2D eigenvalue weighted by molar-refractivity contribution is 6.37. The molecule has 0 radical (unpaired) electrons. The minimum atomic E-state index is -0.572. The lowest BCUT2D eigenvalue weighted by atomic mass is 9.91. The number of fused-ring (bicyclic) bond motifs is 1. The molecule has 0 saturated carbocycles. The molecule has 2 N–H and O–H groups in total. The first-order chi connectivity index (χ1) is 13.0. The minimum Gasteiger partial charge on any atom is -0.505 e. The van der Waals surface area contributed by atoms with Gasteiger partial charge in [-0.2, -0.15) is 0 Å². The number of aromatic nitrogens is 2. The molecule has 1 aliphatic heterocycles. The Morgan fingerprint density at radius 1 is 0.852 bits per heavy atom. The Bertz CT molecular complexity index is 969. The van der Waals surface area contributed by atoms with E-state index in [-0.39, 0.29) is 27.6 Å². The molecule has 1 aromatic heterocycles. The maximum Gasteiger partial charge on any atom is 0.225 e. The number of hydrogen-bond donors (Lipinski definition) is 2. The number of hydrogen-bond acceptors (Lipinski definition) is 8. The lowest BCUT2D eigenvalue weighted by Gasteiger charge is -2.37. The molecule has 1 fully saturated rings. The van der Waals surface area contributed by atoms with E-state index in [0.717, 1.165) is 12.2 Å². The predicted octanol–water partition coefficient (Wildman–Crippen LogP) is 1.80. The van der Waals surface area contributed by atoms with Crippen molar-refractivity contribution in [3.8, 4) is 11.5 Å². The zero-order chi connectivity index (χ0) is 19.1. The first kappa shape index (κ1) is 17.3. The fourth-order valence-electron chi connectivity index (χ4n) is 3.35. The monoisotopic (exact) mass is 386 g/mol. The molecule has 0 amide bonds. The van der Waals surface area contributed by atoms with Crippen molar-refractivity contribution in [2.45, 2.75) is 0 Å². The summed E-state index contributed by atoms with van der Waals surface area (Å²) in [7, 11) is 0. The minimum absolute atomic E-state index is 0.146. The van der Waals surface area contributed by atoms with Crippen molar-refractivity contribution in [1.82, 2.24) is 9.97 Å². The van der Waals surface area contributed by atoms with Crippen LogP contribution < -0.4 is 9.80 Å².